The van der Waals surface area contributed by atoms with Gasteiger partial charge in [0.1, 0.15) is 0 Å². The molecule has 2 unspecified atom stereocenters. The third-order valence-corrected chi connectivity index (χ3v) is 12.9. The third kappa shape index (κ3) is 5.67. The van der Waals surface area contributed by atoms with E-state index in [4.69, 9.17) is 0 Å². The second kappa shape index (κ2) is 11.1. The second-order valence-corrected chi connectivity index (χ2v) is 14.9. The predicted octanol–water partition coefficient (Wildman–Crippen LogP) is 6.68. The van der Waals surface area contributed by atoms with Crippen LogP contribution in [0, 0.1) is 0 Å². The molecule has 0 saturated carbocycles. The Labute approximate surface area is 193 Å². The van der Waals surface area contributed by atoms with Crippen molar-refractivity contribution in [3.8, 4) is 0 Å². The van der Waals surface area contributed by atoms with Gasteiger partial charge in [-0.3, -0.25) is 0 Å². The van der Waals surface area contributed by atoms with Crippen molar-refractivity contribution < 1.29 is 0 Å². The topological polar surface area (TPSA) is 0 Å². The number of hydrogen-bond donors (Lipinski definition) is 0. The maximum Gasteiger partial charge on any atom is 0.0307 e. The zero-order valence-electron chi connectivity index (χ0n) is 18.0. The molecule has 0 N–H and O–H groups in total. The van der Waals surface area contributed by atoms with Gasteiger partial charge in [-0.05, 0) is 50.9 Å². The van der Waals surface area contributed by atoms with Crippen LogP contribution in [-0.4, -0.2) is 9.98 Å². The van der Waals surface area contributed by atoms with E-state index in [-0.39, 0.29) is 0 Å². The fourth-order valence-corrected chi connectivity index (χ4v) is 12.5. The lowest BCUT2D eigenvalue weighted by Crippen LogP contribution is -2.22. The molecule has 0 aliphatic carbocycles. The third-order valence-electron chi connectivity index (χ3n) is 5.26. The molecule has 0 bridgehead atoms. The van der Waals surface area contributed by atoms with E-state index >= 15 is 0 Å². The van der Waals surface area contributed by atoms with Gasteiger partial charge in [0.25, 0.3) is 0 Å². The molecule has 0 fully saturated rings. The Morgan fingerprint density at radius 2 is 0.645 bits per heavy atom. The van der Waals surface area contributed by atoms with Gasteiger partial charge in [0.15, 0.2) is 0 Å². The summed E-state index contributed by atoms with van der Waals surface area (Å²) in [5.41, 5.74) is 0. The largest absolute Gasteiger partial charge is 0.145 e. The monoisotopic (exact) mass is 458 g/mol. The van der Waals surface area contributed by atoms with Crippen molar-refractivity contribution in [2.24, 2.45) is 0 Å². The molecule has 0 spiro atoms. The first kappa shape index (κ1) is 22.3. The van der Waals surface area contributed by atoms with E-state index in [9.17, 15) is 0 Å². The van der Waals surface area contributed by atoms with Crippen molar-refractivity contribution in [2.75, 3.05) is 0 Å². The fourth-order valence-electron chi connectivity index (χ4n) is 3.90. The zero-order valence-corrected chi connectivity index (χ0v) is 20.6. The van der Waals surface area contributed by atoms with Crippen LogP contribution in [0.3, 0.4) is 0 Å². The molecular weight excluding hydrogens is 430 g/mol. The molecule has 0 aromatic heterocycles. The quantitative estimate of drug-likeness (QED) is 0.266. The Morgan fingerprint density at radius 1 is 0.419 bits per heavy atom. The van der Waals surface area contributed by atoms with Gasteiger partial charge in [0.2, 0.25) is 0 Å². The molecule has 0 saturated heterocycles. The molecule has 0 nitrogen and oxygen atoms in total. The van der Waals surface area contributed by atoms with Crippen molar-refractivity contribution in [2.45, 2.75) is 23.8 Å². The van der Waals surface area contributed by atoms with Crippen LogP contribution in [0.25, 0.3) is 0 Å². The molecule has 156 valence electrons. The Balaban J connectivity index is 1.65. The average Bonchev–Trinajstić information content (AvgIpc) is 2.82. The van der Waals surface area contributed by atoms with Crippen LogP contribution in [0.1, 0.15) is 13.8 Å². The van der Waals surface area contributed by atoms with Gasteiger partial charge in [0.05, 0.1) is 0 Å². The lowest BCUT2D eigenvalue weighted by atomic mass is 10.4. The highest BCUT2D eigenvalue weighted by Gasteiger charge is 2.28. The van der Waals surface area contributed by atoms with Crippen molar-refractivity contribution in [1.29, 1.82) is 0 Å². The van der Waals surface area contributed by atoms with Crippen molar-refractivity contribution >= 4 is 48.8 Å². The lowest BCUT2D eigenvalue weighted by Gasteiger charge is -2.31. The molecule has 0 aliphatic heterocycles. The van der Waals surface area contributed by atoms with E-state index in [1.807, 2.05) is 0 Å². The minimum absolute atomic E-state index is 0.434. The van der Waals surface area contributed by atoms with E-state index in [2.05, 4.69) is 147 Å². The summed E-state index contributed by atoms with van der Waals surface area (Å²) in [5, 5.41) is 5.83. The number of hydrogen-bond acceptors (Lipinski definition) is 1. The van der Waals surface area contributed by atoms with Gasteiger partial charge in [-0.2, -0.15) is 0 Å². The summed E-state index contributed by atoms with van der Waals surface area (Å²) in [6, 6.07) is 44.3. The standard InChI is InChI=1S/C28H28P2S/c1-23(29(25-15-7-3-8-16-25)26-17-9-4-10-18-26)31-24(2)30(27-19-11-5-12-20-27)28-21-13-6-14-22-28/h3-24H,1-2H3. The Hall–Kier alpha value is -1.91. The van der Waals surface area contributed by atoms with E-state index in [1.54, 1.807) is 0 Å². The first-order valence-corrected chi connectivity index (χ1v) is 14.4. The molecule has 4 aromatic rings. The van der Waals surface area contributed by atoms with Gasteiger partial charge in [-0.15, -0.1) is 11.8 Å². The van der Waals surface area contributed by atoms with Crippen molar-refractivity contribution in [3.05, 3.63) is 121 Å². The molecule has 2 atom stereocenters. The van der Waals surface area contributed by atoms with Crippen LogP contribution in [0.5, 0.6) is 0 Å². The highest BCUT2D eigenvalue weighted by atomic mass is 32.2. The SMILES string of the molecule is CC(SC(C)P(c1ccccc1)c1ccccc1)P(c1ccccc1)c1ccccc1. The Bertz CT molecular complexity index is 873. The zero-order chi connectivity index (χ0) is 21.5. The van der Waals surface area contributed by atoms with Gasteiger partial charge in [-0.1, -0.05) is 121 Å². The van der Waals surface area contributed by atoms with Crippen LogP contribution in [0.2, 0.25) is 0 Å². The molecule has 0 amide bonds. The van der Waals surface area contributed by atoms with E-state index in [0.717, 1.165) is 0 Å². The normalized spacial score (nSPS) is 13.3. The summed E-state index contributed by atoms with van der Waals surface area (Å²) >= 11 is 2.15. The van der Waals surface area contributed by atoms with Gasteiger partial charge >= 0.3 is 0 Å². The molecule has 31 heavy (non-hydrogen) atoms. The molecule has 0 aliphatic rings. The van der Waals surface area contributed by atoms with Crippen LogP contribution < -0.4 is 21.2 Å². The minimum atomic E-state index is -0.434. The molecule has 0 radical (unpaired) electrons. The van der Waals surface area contributed by atoms with E-state index in [0.29, 0.717) is 9.98 Å². The maximum absolute atomic E-state index is 2.43. The average molecular weight is 459 g/mol. The van der Waals surface area contributed by atoms with Crippen LogP contribution in [0.4, 0.5) is 0 Å². The molecule has 0 heterocycles. The number of rotatable bonds is 8. The first-order chi connectivity index (χ1) is 15.2. The number of thioether (sulfide) groups is 1. The summed E-state index contributed by atoms with van der Waals surface area (Å²) in [4.78, 5) is 1.04. The number of benzene rings is 4. The summed E-state index contributed by atoms with van der Waals surface area (Å²) < 4.78 is 0. The molecular formula is C28H28P2S. The highest BCUT2D eigenvalue weighted by molar-refractivity contribution is 8.13. The van der Waals surface area contributed by atoms with Gasteiger partial charge in [0, 0.05) is 9.98 Å². The minimum Gasteiger partial charge on any atom is -0.145 e. The fraction of sp³-hybridized carbons (Fsp3) is 0.143. The summed E-state index contributed by atoms with van der Waals surface area (Å²) in [6.07, 6.45) is 0. The Kier molecular flexibility index (Phi) is 7.98. The molecule has 4 rings (SSSR count). The molecule has 4 aromatic carbocycles. The van der Waals surface area contributed by atoms with E-state index < -0.39 is 15.8 Å². The second-order valence-electron chi connectivity index (χ2n) is 7.42. The highest BCUT2D eigenvalue weighted by Crippen LogP contribution is 2.53. The summed E-state index contributed by atoms with van der Waals surface area (Å²) in [5.74, 6) is 0. The van der Waals surface area contributed by atoms with Crippen LogP contribution in [-0.2, 0) is 0 Å². The summed E-state index contributed by atoms with van der Waals surface area (Å²) in [7, 11) is -0.868. The Morgan fingerprint density at radius 3 is 0.871 bits per heavy atom. The van der Waals surface area contributed by atoms with Crippen LogP contribution in [0.15, 0.2) is 121 Å². The summed E-state index contributed by atoms with van der Waals surface area (Å²) in [6.45, 7) is 4.85. The van der Waals surface area contributed by atoms with Crippen molar-refractivity contribution in [1.82, 2.24) is 0 Å². The van der Waals surface area contributed by atoms with Crippen molar-refractivity contribution in [3.63, 3.8) is 0 Å². The predicted molar refractivity (Wildman–Crippen MR) is 145 cm³/mol. The molecule has 3 heteroatoms. The van der Waals surface area contributed by atoms with Gasteiger partial charge < -0.3 is 0 Å². The van der Waals surface area contributed by atoms with Gasteiger partial charge in [-0.25, -0.2) is 0 Å². The van der Waals surface area contributed by atoms with Crippen LogP contribution >= 0.6 is 27.6 Å². The first-order valence-electron chi connectivity index (χ1n) is 10.7. The lowest BCUT2D eigenvalue weighted by molar-refractivity contribution is 1.33. The smallest absolute Gasteiger partial charge is 0.0307 e. The van der Waals surface area contributed by atoms with E-state index in [1.165, 1.54) is 21.2 Å². The maximum atomic E-state index is 2.43.